The topological polar surface area (TPSA) is 63.6 Å². The maximum absolute atomic E-state index is 15.4. The smallest absolute Gasteiger partial charge is 0.197 e. The maximum atomic E-state index is 15.4. The summed E-state index contributed by atoms with van der Waals surface area (Å²) in [5.41, 5.74) is 3.04. The SMILES string of the molecule is CCOc1cc2c(c(F)c1OC)C(=NBr)N(CC(=O)c1cc(N(C)C)c(OC)c(C(C)(C)C)c1)C2. The van der Waals surface area contributed by atoms with Gasteiger partial charge in [-0.15, -0.1) is 0 Å². The normalized spacial score (nSPS) is 14.2. The molecule has 0 saturated carbocycles. The molecule has 0 aromatic heterocycles. The predicted octanol–water partition coefficient (Wildman–Crippen LogP) is 5.36. The number of ether oxygens (including phenoxy) is 3. The van der Waals surface area contributed by atoms with Crippen molar-refractivity contribution >= 4 is 33.5 Å². The summed E-state index contributed by atoms with van der Waals surface area (Å²) in [4.78, 5) is 17.2. The van der Waals surface area contributed by atoms with E-state index in [2.05, 4.69) is 40.9 Å². The Morgan fingerprint density at radius 3 is 2.34 bits per heavy atom. The average molecular weight is 550 g/mol. The molecule has 0 unspecified atom stereocenters. The summed E-state index contributed by atoms with van der Waals surface area (Å²) in [6.45, 7) is 8.77. The van der Waals surface area contributed by atoms with Crippen molar-refractivity contribution in [3.05, 3.63) is 46.3 Å². The minimum atomic E-state index is -0.559. The van der Waals surface area contributed by atoms with E-state index in [0.717, 1.165) is 17.0 Å². The molecule has 35 heavy (non-hydrogen) atoms. The first-order valence-electron chi connectivity index (χ1n) is 11.4. The van der Waals surface area contributed by atoms with Crippen LogP contribution in [0.15, 0.2) is 22.2 Å². The highest BCUT2D eigenvalue weighted by atomic mass is 79.9. The van der Waals surface area contributed by atoms with Crippen LogP contribution in [0.25, 0.3) is 0 Å². The summed E-state index contributed by atoms with van der Waals surface area (Å²) in [7, 11) is 6.86. The zero-order chi connectivity index (χ0) is 26.1. The van der Waals surface area contributed by atoms with Gasteiger partial charge in [0.05, 0.1) is 54.8 Å². The third-order valence-electron chi connectivity index (χ3n) is 5.96. The monoisotopic (exact) mass is 549 g/mol. The predicted molar refractivity (Wildman–Crippen MR) is 140 cm³/mol. The molecule has 0 bridgehead atoms. The molecule has 0 saturated heterocycles. The molecule has 1 heterocycles. The molecular weight excluding hydrogens is 517 g/mol. The van der Waals surface area contributed by atoms with Gasteiger partial charge >= 0.3 is 0 Å². The van der Waals surface area contributed by atoms with Crippen LogP contribution >= 0.6 is 16.1 Å². The standard InChI is InChI=1S/C26H33BrFN3O4/c1-9-35-20-12-16-13-31(25(29-27)21(16)22(28)24(20)34-8)14-19(32)15-10-17(26(2,3)4)23(33-7)18(11-15)30(5)6/h10-12H,9,13-14H2,1-8H3. The van der Waals surface area contributed by atoms with Gasteiger partial charge in [-0.25, -0.2) is 4.39 Å². The molecule has 0 N–H and O–H groups in total. The first-order chi connectivity index (χ1) is 16.5. The van der Waals surface area contributed by atoms with E-state index < -0.39 is 5.82 Å². The first kappa shape index (κ1) is 26.8. The molecule has 190 valence electrons. The lowest BCUT2D eigenvalue weighted by atomic mass is 9.84. The third-order valence-corrected chi connectivity index (χ3v) is 6.29. The van der Waals surface area contributed by atoms with Crippen LogP contribution in [-0.2, 0) is 12.0 Å². The van der Waals surface area contributed by atoms with Crippen molar-refractivity contribution in [3.63, 3.8) is 0 Å². The fourth-order valence-electron chi connectivity index (χ4n) is 4.29. The van der Waals surface area contributed by atoms with Crippen LogP contribution < -0.4 is 19.1 Å². The second kappa shape index (κ2) is 10.4. The van der Waals surface area contributed by atoms with E-state index in [-0.39, 0.29) is 23.5 Å². The van der Waals surface area contributed by atoms with E-state index in [1.165, 1.54) is 7.11 Å². The lowest BCUT2D eigenvalue weighted by molar-refractivity contribution is 0.0963. The Balaban J connectivity index is 2.01. The number of hydrogen-bond acceptors (Lipinski definition) is 6. The van der Waals surface area contributed by atoms with Crippen molar-refractivity contribution in [3.8, 4) is 17.2 Å². The highest BCUT2D eigenvalue weighted by Gasteiger charge is 2.34. The van der Waals surface area contributed by atoms with Crippen molar-refractivity contribution in [1.29, 1.82) is 0 Å². The molecule has 2 aromatic rings. The van der Waals surface area contributed by atoms with E-state index in [1.807, 2.05) is 38.1 Å². The molecular formula is C26H33BrFN3O4. The van der Waals surface area contributed by atoms with Crippen LogP contribution in [0, 0.1) is 5.82 Å². The Hall–Kier alpha value is -2.81. The minimum Gasteiger partial charge on any atom is -0.494 e. The Kier molecular flexibility index (Phi) is 7.99. The number of ketones is 1. The van der Waals surface area contributed by atoms with Crippen molar-refractivity contribution in [2.75, 3.05) is 46.4 Å². The van der Waals surface area contributed by atoms with E-state index in [0.29, 0.717) is 41.4 Å². The Morgan fingerprint density at radius 1 is 1.17 bits per heavy atom. The molecule has 1 aliphatic heterocycles. The molecule has 0 atom stereocenters. The number of carbonyl (C=O) groups is 1. The number of Topliss-reactive ketones (excluding diaryl/α,β-unsaturated/α-hetero) is 1. The van der Waals surface area contributed by atoms with E-state index in [1.54, 1.807) is 18.1 Å². The van der Waals surface area contributed by atoms with Gasteiger partial charge in [0.25, 0.3) is 0 Å². The molecule has 2 aromatic carbocycles. The molecule has 3 rings (SSSR count). The first-order valence-corrected chi connectivity index (χ1v) is 12.1. The molecule has 0 fully saturated rings. The minimum absolute atomic E-state index is 0.0213. The summed E-state index contributed by atoms with van der Waals surface area (Å²) >= 11 is 3.12. The average Bonchev–Trinajstić information content (AvgIpc) is 3.14. The van der Waals surface area contributed by atoms with Gasteiger partial charge in [0.15, 0.2) is 23.1 Å². The van der Waals surface area contributed by atoms with Crippen molar-refractivity contribution in [1.82, 2.24) is 4.90 Å². The Labute approximate surface area is 215 Å². The second-order valence-corrected chi connectivity index (χ2v) is 9.95. The molecule has 0 radical (unpaired) electrons. The van der Waals surface area contributed by atoms with Crippen LogP contribution in [-0.4, -0.2) is 58.0 Å². The molecule has 0 aliphatic carbocycles. The lowest BCUT2D eigenvalue weighted by Crippen LogP contribution is -2.31. The van der Waals surface area contributed by atoms with Crippen molar-refractivity contribution < 1.29 is 23.4 Å². The zero-order valence-corrected chi connectivity index (χ0v) is 23.2. The summed E-state index contributed by atoms with van der Waals surface area (Å²) < 4.78 is 36.1. The van der Waals surface area contributed by atoms with Gasteiger partial charge in [0.2, 0.25) is 0 Å². The summed E-state index contributed by atoms with van der Waals surface area (Å²) in [6, 6.07) is 5.47. The molecule has 9 heteroatoms. The number of fused-ring (bicyclic) bond motifs is 1. The van der Waals surface area contributed by atoms with Gasteiger partial charge in [-0.3, -0.25) is 4.79 Å². The molecule has 1 aliphatic rings. The summed E-state index contributed by atoms with van der Waals surface area (Å²) in [5.74, 6) is 0.760. The fourth-order valence-corrected chi connectivity index (χ4v) is 4.69. The van der Waals surface area contributed by atoms with Crippen LogP contribution in [0.2, 0.25) is 0 Å². The van der Waals surface area contributed by atoms with E-state index in [9.17, 15) is 4.79 Å². The van der Waals surface area contributed by atoms with Gasteiger partial charge in [-0.05, 0) is 36.1 Å². The highest BCUT2D eigenvalue weighted by molar-refractivity contribution is 9.08. The number of amidine groups is 1. The van der Waals surface area contributed by atoms with E-state index >= 15 is 4.39 Å². The number of hydrogen-bond donors (Lipinski definition) is 0. The van der Waals surface area contributed by atoms with Gasteiger partial charge in [-0.1, -0.05) is 20.8 Å². The summed E-state index contributed by atoms with van der Waals surface area (Å²) in [6.07, 6.45) is 0. The quantitative estimate of drug-likeness (QED) is 0.413. The second-order valence-electron chi connectivity index (χ2n) is 9.60. The number of benzene rings is 2. The number of halogens is 2. The molecule has 0 spiro atoms. The largest absolute Gasteiger partial charge is 0.494 e. The van der Waals surface area contributed by atoms with Crippen molar-refractivity contribution in [2.45, 2.75) is 39.7 Å². The highest BCUT2D eigenvalue weighted by Crippen LogP contribution is 2.41. The number of carbonyl (C=O) groups excluding carboxylic acids is 1. The number of rotatable bonds is 8. The van der Waals surface area contributed by atoms with Gasteiger partial charge in [-0.2, -0.15) is 4.02 Å². The number of anilines is 1. The summed E-state index contributed by atoms with van der Waals surface area (Å²) in [5, 5.41) is 0. The van der Waals surface area contributed by atoms with E-state index in [4.69, 9.17) is 14.2 Å². The van der Waals surface area contributed by atoms with Gasteiger partial charge < -0.3 is 24.0 Å². The van der Waals surface area contributed by atoms with Crippen LogP contribution in [0.1, 0.15) is 54.7 Å². The Bertz CT molecular complexity index is 1160. The maximum Gasteiger partial charge on any atom is 0.197 e. The Morgan fingerprint density at radius 2 is 1.83 bits per heavy atom. The van der Waals surface area contributed by atoms with Crippen LogP contribution in [0.4, 0.5) is 10.1 Å². The molecule has 7 nitrogen and oxygen atoms in total. The number of methoxy groups -OCH3 is 2. The molecule has 0 amide bonds. The van der Waals surface area contributed by atoms with Crippen LogP contribution in [0.3, 0.4) is 0 Å². The van der Waals surface area contributed by atoms with Crippen LogP contribution in [0.5, 0.6) is 17.2 Å². The zero-order valence-electron chi connectivity index (χ0n) is 21.6. The third kappa shape index (κ3) is 5.10. The van der Waals surface area contributed by atoms with Gasteiger partial charge in [0.1, 0.15) is 11.6 Å². The van der Waals surface area contributed by atoms with Crippen molar-refractivity contribution in [2.24, 2.45) is 4.02 Å². The lowest BCUT2D eigenvalue weighted by Gasteiger charge is -2.27. The van der Waals surface area contributed by atoms with Gasteiger partial charge in [0, 0.05) is 31.8 Å². The number of nitrogens with zero attached hydrogens (tertiary/aromatic N) is 3. The fraction of sp³-hybridized carbons (Fsp3) is 0.462.